The summed E-state index contributed by atoms with van der Waals surface area (Å²) in [6.45, 7) is 4.73. The molecule has 0 radical (unpaired) electrons. The fourth-order valence-electron chi connectivity index (χ4n) is 2.00. The van der Waals surface area contributed by atoms with Crippen molar-refractivity contribution in [3.8, 4) is 11.5 Å². The summed E-state index contributed by atoms with van der Waals surface area (Å²) in [5.41, 5.74) is 7.01. The van der Waals surface area contributed by atoms with Crippen molar-refractivity contribution in [2.45, 2.75) is 32.4 Å². The molecule has 0 aliphatic carbocycles. The summed E-state index contributed by atoms with van der Waals surface area (Å²) in [4.78, 5) is 4.12. The van der Waals surface area contributed by atoms with Gasteiger partial charge in [0.1, 0.15) is 17.6 Å². The lowest BCUT2D eigenvalue weighted by Crippen LogP contribution is -2.29. The number of aromatic nitrogens is 1. The van der Waals surface area contributed by atoms with E-state index in [0.29, 0.717) is 0 Å². The molecule has 0 fully saturated rings. The zero-order valence-electron chi connectivity index (χ0n) is 12.5. The fraction of sp³-hybridized carbons (Fsp3) is 0.353. The van der Waals surface area contributed by atoms with Crippen molar-refractivity contribution < 1.29 is 9.47 Å². The monoisotopic (exact) mass is 286 g/mol. The van der Waals surface area contributed by atoms with Gasteiger partial charge in [0.25, 0.3) is 0 Å². The quantitative estimate of drug-likeness (QED) is 0.848. The summed E-state index contributed by atoms with van der Waals surface area (Å²) >= 11 is 0. The standard InChI is InChI=1S/C17H22N2O2/c1-3-11-20-15-6-8-16(9-7-15)21-17(13(2)18)14-5-4-10-19-12-14/h4-10,12-13,17H,3,11,18H2,1-2H3. The number of nitrogens with two attached hydrogens (primary N) is 1. The molecule has 0 spiro atoms. The molecular formula is C17H22N2O2. The van der Waals surface area contributed by atoms with E-state index in [1.807, 2.05) is 43.3 Å². The van der Waals surface area contributed by atoms with Crippen LogP contribution in [-0.4, -0.2) is 17.6 Å². The second kappa shape index (κ2) is 7.64. The fourth-order valence-corrected chi connectivity index (χ4v) is 2.00. The van der Waals surface area contributed by atoms with E-state index in [1.165, 1.54) is 0 Å². The highest BCUT2D eigenvalue weighted by molar-refractivity contribution is 5.32. The third-order valence-electron chi connectivity index (χ3n) is 3.05. The summed E-state index contributed by atoms with van der Waals surface area (Å²) in [5.74, 6) is 1.62. The molecule has 2 N–H and O–H groups in total. The van der Waals surface area contributed by atoms with Gasteiger partial charge in [-0.2, -0.15) is 0 Å². The Morgan fingerprint density at radius 2 is 1.86 bits per heavy atom. The van der Waals surface area contributed by atoms with Crippen molar-refractivity contribution >= 4 is 0 Å². The molecule has 2 rings (SSSR count). The van der Waals surface area contributed by atoms with Crippen LogP contribution in [0.1, 0.15) is 31.9 Å². The van der Waals surface area contributed by atoms with Gasteiger partial charge < -0.3 is 15.2 Å². The maximum atomic E-state index is 6.03. The van der Waals surface area contributed by atoms with Crippen LogP contribution in [0.3, 0.4) is 0 Å². The van der Waals surface area contributed by atoms with Crippen LogP contribution in [0, 0.1) is 0 Å². The van der Waals surface area contributed by atoms with Gasteiger partial charge in [0.05, 0.1) is 6.61 Å². The normalized spacial score (nSPS) is 13.5. The molecule has 0 saturated heterocycles. The first kappa shape index (κ1) is 15.3. The number of hydrogen-bond donors (Lipinski definition) is 1. The molecule has 2 atom stereocenters. The molecule has 2 aromatic rings. The highest BCUT2D eigenvalue weighted by Gasteiger charge is 2.18. The minimum absolute atomic E-state index is 0.134. The zero-order valence-corrected chi connectivity index (χ0v) is 12.5. The van der Waals surface area contributed by atoms with Crippen molar-refractivity contribution in [1.82, 2.24) is 4.98 Å². The van der Waals surface area contributed by atoms with Gasteiger partial charge in [0.15, 0.2) is 0 Å². The van der Waals surface area contributed by atoms with Crippen molar-refractivity contribution in [2.75, 3.05) is 6.61 Å². The minimum Gasteiger partial charge on any atom is -0.494 e. The summed E-state index contributed by atoms with van der Waals surface area (Å²) in [5, 5.41) is 0. The van der Waals surface area contributed by atoms with E-state index in [-0.39, 0.29) is 12.1 Å². The number of pyridine rings is 1. The molecule has 0 bridgehead atoms. The first-order chi connectivity index (χ1) is 10.2. The smallest absolute Gasteiger partial charge is 0.140 e. The van der Waals surface area contributed by atoms with Gasteiger partial charge in [-0.15, -0.1) is 0 Å². The summed E-state index contributed by atoms with van der Waals surface area (Å²) in [7, 11) is 0. The van der Waals surface area contributed by atoms with E-state index in [1.54, 1.807) is 12.4 Å². The maximum Gasteiger partial charge on any atom is 0.140 e. The van der Waals surface area contributed by atoms with E-state index in [9.17, 15) is 0 Å². The molecule has 4 heteroatoms. The van der Waals surface area contributed by atoms with Crippen LogP contribution in [0.2, 0.25) is 0 Å². The molecule has 0 aliphatic heterocycles. The van der Waals surface area contributed by atoms with Crippen molar-refractivity contribution in [1.29, 1.82) is 0 Å². The van der Waals surface area contributed by atoms with Gasteiger partial charge in [-0.3, -0.25) is 4.98 Å². The minimum atomic E-state index is -0.221. The van der Waals surface area contributed by atoms with Crippen LogP contribution in [0.4, 0.5) is 0 Å². The van der Waals surface area contributed by atoms with Gasteiger partial charge in [0.2, 0.25) is 0 Å². The number of ether oxygens (including phenoxy) is 2. The van der Waals surface area contributed by atoms with Crippen molar-refractivity contribution in [3.63, 3.8) is 0 Å². The zero-order chi connectivity index (χ0) is 15.1. The second-order valence-corrected chi connectivity index (χ2v) is 5.00. The van der Waals surface area contributed by atoms with Crippen LogP contribution >= 0.6 is 0 Å². The topological polar surface area (TPSA) is 57.4 Å². The third-order valence-corrected chi connectivity index (χ3v) is 3.05. The first-order valence-electron chi connectivity index (χ1n) is 7.25. The highest BCUT2D eigenvalue weighted by atomic mass is 16.5. The van der Waals surface area contributed by atoms with E-state index >= 15 is 0 Å². The second-order valence-electron chi connectivity index (χ2n) is 5.00. The average Bonchev–Trinajstić information content (AvgIpc) is 2.52. The van der Waals surface area contributed by atoms with Crippen LogP contribution in [-0.2, 0) is 0 Å². The summed E-state index contributed by atoms with van der Waals surface area (Å²) in [6, 6.07) is 11.3. The van der Waals surface area contributed by atoms with Crippen molar-refractivity contribution in [3.05, 3.63) is 54.4 Å². The summed E-state index contributed by atoms with van der Waals surface area (Å²) < 4.78 is 11.6. The third kappa shape index (κ3) is 4.46. The van der Waals surface area contributed by atoms with Crippen LogP contribution < -0.4 is 15.2 Å². The molecule has 2 unspecified atom stereocenters. The van der Waals surface area contributed by atoms with E-state index < -0.39 is 0 Å². The molecule has 1 aromatic heterocycles. The Morgan fingerprint density at radius 3 is 2.43 bits per heavy atom. The van der Waals surface area contributed by atoms with Crippen molar-refractivity contribution in [2.24, 2.45) is 5.73 Å². The number of rotatable bonds is 7. The predicted molar refractivity (Wildman–Crippen MR) is 83.5 cm³/mol. The lowest BCUT2D eigenvalue weighted by molar-refractivity contribution is 0.180. The molecule has 0 amide bonds. The molecule has 1 heterocycles. The van der Waals surface area contributed by atoms with Crippen LogP contribution in [0.25, 0.3) is 0 Å². The lowest BCUT2D eigenvalue weighted by Gasteiger charge is -2.22. The lowest BCUT2D eigenvalue weighted by atomic mass is 10.1. The predicted octanol–water partition coefficient (Wildman–Crippen LogP) is 3.34. The van der Waals surface area contributed by atoms with Gasteiger partial charge in [-0.1, -0.05) is 13.0 Å². The van der Waals surface area contributed by atoms with E-state index in [0.717, 1.165) is 30.1 Å². The Balaban J connectivity index is 2.07. The molecule has 1 aromatic carbocycles. The van der Waals surface area contributed by atoms with Crippen LogP contribution in [0.5, 0.6) is 11.5 Å². The van der Waals surface area contributed by atoms with Gasteiger partial charge >= 0.3 is 0 Å². The van der Waals surface area contributed by atoms with Gasteiger partial charge in [-0.05, 0) is 43.7 Å². The Morgan fingerprint density at radius 1 is 1.14 bits per heavy atom. The average molecular weight is 286 g/mol. The maximum absolute atomic E-state index is 6.03. The van der Waals surface area contributed by atoms with Crippen LogP contribution in [0.15, 0.2) is 48.8 Å². The first-order valence-corrected chi connectivity index (χ1v) is 7.25. The molecule has 112 valence electrons. The van der Waals surface area contributed by atoms with E-state index in [2.05, 4.69) is 11.9 Å². The number of hydrogen-bond acceptors (Lipinski definition) is 4. The Hall–Kier alpha value is -2.07. The number of benzene rings is 1. The van der Waals surface area contributed by atoms with E-state index in [4.69, 9.17) is 15.2 Å². The Labute approximate surface area is 125 Å². The molecule has 4 nitrogen and oxygen atoms in total. The number of nitrogens with zero attached hydrogens (tertiary/aromatic N) is 1. The van der Waals surface area contributed by atoms with Gasteiger partial charge in [-0.25, -0.2) is 0 Å². The molecule has 0 saturated carbocycles. The SMILES string of the molecule is CCCOc1ccc(OC(c2cccnc2)C(C)N)cc1. The highest BCUT2D eigenvalue weighted by Crippen LogP contribution is 2.25. The largest absolute Gasteiger partial charge is 0.494 e. The summed E-state index contributed by atoms with van der Waals surface area (Å²) in [6.07, 6.45) is 4.29. The van der Waals surface area contributed by atoms with Gasteiger partial charge in [0, 0.05) is 24.0 Å². The Bertz CT molecular complexity index is 526. The molecule has 21 heavy (non-hydrogen) atoms. The Kier molecular flexibility index (Phi) is 5.58. The molecular weight excluding hydrogens is 264 g/mol. The molecule has 0 aliphatic rings.